The second kappa shape index (κ2) is 11.4. The summed E-state index contributed by atoms with van der Waals surface area (Å²) in [6.45, 7) is 4.27. The first-order chi connectivity index (χ1) is 16.6. The van der Waals surface area contributed by atoms with Crippen LogP contribution < -0.4 is 14.8 Å². The van der Waals surface area contributed by atoms with E-state index < -0.39 is 0 Å². The first-order valence-corrected chi connectivity index (χ1v) is 11.8. The number of aromatic nitrogens is 1. The molecule has 3 heterocycles. The molecule has 0 radical (unpaired) electrons. The molecule has 0 amide bonds. The molecule has 1 atom stereocenters. The number of benzene rings is 2. The van der Waals surface area contributed by atoms with E-state index in [-0.39, 0.29) is 6.47 Å². The summed E-state index contributed by atoms with van der Waals surface area (Å²) in [5.41, 5.74) is 3.03. The number of pyridine rings is 1. The average molecular weight is 468 g/mol. The number of ether oxygens (including phenoxy) is 3. The van der Waals surface area contributed by atoms with Crippen LogP contribution in [-0.4, -0.2) is 74.6 Å². The number of para-hydroxylation sites is 1. The summed E-state index contributed by atoms with van der Waals surface area (Å²) in [7, 11) is 3.87. The molecule has 8 heteroatoms. The van der Waals surface area contributed by atoms with E-state index in [4.69, 9.17) is 29.1 Å². The zero-order valence-electron chi connectivity index (χ0n) is 19.8. The van der Waals surface area contributed by atoms with Crippen LogP contribution in [0.3, 0.4) is 0 Å². The van der Waals surface area contributed by atoms with Gasteiger partial charge in [-0.3, -0.25) is 4.79 Å². The van der Waals surface area contributed by atoms with Crippen molar-refractivity contribution in [3.8, 4) is 11.5 Å². The predicted octanol–water partition coefficient (Wildman–Crippen LogP) is 4.02. The molecule has 3 aromatic rings. The highest BCUT2D eigenvalue weighted by Gasteiger charge is 2.22. The average Bonchev–Trinajstić information content (AvgIpc) is 3.28. The molecule has 0 aliphatic carbocycles. The fraction of sp³-hybridized carbons (Fsp3) is 0.462. The van der Waals surface area contributed by atoms with Gasteiger partial charge in [-0.1, -0.05) is 18.2 Å². The third kappa shape index (κ3) is 5.51. The minimum atomic E-state index is -0.250. The fourth-order valence-electron chi connectivity index (χ4n) is 4.74. The van der Waals surface area contributed by atoms with E-state index in [0.717, 1.165) is 78.1 Å². The van der Waals surface area contributed by atoms with Crippen LogP contribution in [0.25, 0.3) is 21.8 Å². The number of nitrogens with zero attached hydrogens (tertiary/aromatic N) is 2. The molecule has 0 bridgehead atoms. The second-order valence-electron chi connectivity index (χ2n) is 8.89. The Balaban J connectivity index is 0.000000868. The van der Waals surface area contributed by atoms with Crippen molar-refractivity contribution < 1.29 is 24.1 Å². The van der Waals surface area contributed by atoms with Gasteiger partial charge in [0.15, 0.2) is 11.5 Å². The van der Waals surface area contributed by atoms with Gasteiger partial charge in [-0.25, -0.2) is 4.98 Å². The Bertz CT molecular complexity index is 1120. The van der Waals surface area contributed by atoms with E-state index in [1.54, 1.807) is 7.11 Å². The van der Waals surface area contributed by atoms with Gasteiger partial charge in [0.25, 0.3) is 6.47 Å². The van der Waals surface area contributed by atoms with Crippen LogP contribution in [-0.2, 0) is 9.53 Å². The van der Waals surface area contributed by atoms with E-state index in [0.29, 0.717) is 18.6 Å². The van der Waals surface area contributed by atoms with Crippen molar-refractivity contribution in [2.75, 3.05) is 52.4 Å². The first kappa shape index (κ1) is 24.0. The maximum atomic E-state index is 8.36. The normalized spacial score (nSPS) is 18.9. The Morgan fingerprint density at radius 1 is 1.15 bits per heavy atom. The van der Waals surface area contributed by atoms with E-state index in [2.05, 4.69) is 41.5 Å². The molecular weight excluding hydrogens is 434 g/mol. The molecule has 1 aromatic heterocycles. The Kier molecular flexibility index (Phi) is 8.03. The first-order valence-electron chi connectivity index (χ1n) is 11.8. The molecule has 2 aliphatic heterocycles. The van der Waals surface area contributed by atoms with Gasteiger partial charge in [-0.2, -0.15) is 0 Å². The molecule has 2 N–H and O–H groups in total. The van der Waals surface area contributed by atoms with E-state index >= 15 is 0 Å². The third-order valence-corrected chi connectivity index (χ3v) is 6.50. The molecule has 2 aliphatic rings. The van der Waals surface area contributed by atoms with Crippen molar-refractivity contribution in [2.45, 2.75) is 25.3 Å². The fourth-order valence-corrected chi connectivity index (χ4v) is 4.74. The Hall–Kier alpha value is -3.10. The van der Waals surface area contributed by atoms with Crippen molar-refractivity contribution >= 4 is 34.0 Å². The summed E-state index contributed by atoms with van der Waals surface area (Å²) in [6.07, 6.45) is 3.19. The predicted molar refractivity (Wildman–Crippen MR) is 133 cm³/mol. The van der Waals surface area contributed by atoms with Crippen LogP contribution in [0.4, 0.5) is 5.69 Å². The van der Waals surface area contributed by atoms with Crippen LogP contribution in [0.15, 0.2) is 36.4 Å². The Morgan fingerprint density at radius 3 is 2.62 bits per heavy atom. The topological polar surface area (TPSA) is 93.2 Å². The summed E-state index contributed by atoms with van der Waals surface area (Å²) in [4.78, 5) is 15.7. The van der Waals surface area contributed by atoms with E-state index in [9.17, 15) is 0 Å². The lowest BCUT2D eigenvalue weighted by Crippen LogP contribution is -2.28. The molecule has 2 fully saturated rings. The van der Waals surface area contributed by atoms with Crippen LogP contribution in [0.1, 0.15) is 19.3 Å². The highest BCUT2D eigenvalue weighted by Crippen LogP contribution is 2.39. The number of hydrogen-bond donors (Lipinski definition) is 2. The van der Waals surface area contributed by atoms with Gasteiger partial charge >= 0.3 is 0 Å². The highest BCUT2D eigenvalue weighted by molar-refractivity contribution is 6.08. The van der Waals surface area contributed by atoms with Gasteiger partial charge < -0.3 is 29.5 Å². The molecule has 5 rings (SSSR count). The van der Waals surface area contributed by atoms with Crippen LogP contribution in [0.2, 0.25) is 0 Å². The molecule has 1 unspecified atom stereocenters. The van der Waals surface area contributed by atoms with Gasteiger partial charge in [0.2, 0.25) is 0 Å². The number of methoxy groups -OCH3 is 1. The Morgan fingerprint density at radius 2 is 1.91 bits per heavy atom. The van der Waals surface area contributed by atoms with Gasteiger partial charge in [0.05, 0.1) is 30.4 Å². The largest absolute Gasteiger partial charge is 0.493 e. The van der Waals surface area contributed by atoms with E-state index in [1.165, 1.54) is 6.42 Å². The maximum Gasteiger partial charge on any atom is 0.290 e. The zero-order valence-corrected chi connectivity index (χ0v) is 19.8. The van der Waals surface area contributed by atoms with Crippen LogP contribution in [0, 0.1) is 5.92 Å². The van der Waals surface area contributed by atoms with Crippen LogP contribution >= 0.6 is 0 Å². The second-order valence-corrected chi connectivity index (χ2v) is 8.89. The van der Waals surface area contributed by atoms with Gasteiger partial charge in [-0.05, 0) is 45.0 Å². The molecule has 182 valence electrons. The lowest BCUT2D eigenvalue weighted by Gasteiger charge is -2.26. The standard InChI is InChI=1S/C25H31N3O3.CH2O2/c1-28-10-7-17(15-28)16-31-24-14-22-20(13-23(24)29-2)25(26-18-8-11-30-12-9-18)19-5-3-4-6-21(19)27-22;2-1-3/h3-6,13-14,17-18H,7-12,15-16H2,1-2H3,(H,26,27);1H,(H,2,3). The smallest absolute Gasteiger partial charge is 0.290 e. The molecule has 0 spiro atoms. The SMILES string of the molecule is COc1cc2c(NC3CCOCC3)c3ccccc3nc2cc1OCC1CCN(C)C1.O=CO. The number of anilines is 1. The number of carboxylic acid groups (broad SMARTS) is 1. The number of carbonyl (C=O) groups is 1. The number of hydrogen-bond acceptors (Lipinski definition) is 7. The minimum Gasteiger partial charge on any atom is -0.493 e. The van der Waals surface area contributed by atoms with Gasteiger partial charge in [0.1, 0.15) is 0 Å². The van der Waals surface area contributed by atoms with Crippen LogP contribution in [0.5, 0.6) is 11.5 Å². The lowest BCUT2D eigenvalue weighted by atomic mass is 10.0. The zero-order chi connectivity index (χ0) is 23.9. The van der Waals surface area contributed by atoms with Crippen molar-refractivity contribution in [1.82, 2.24) is 9.88 Å². The maximum absolute atomic E-state index is 8.36. The minimum absolute atomic E-state index is 0.250. The summed E-state index contributed by atoms with van der Waals surface area (Å²) in [5, 5.41) is 12.9. The monoisotopic (exact) mass is 467 g/mol. The number of rotatable bonds is 6. The quantitative estimate of drug-likeness (QED) is 0.415. The van der Waals surface area contributed by atoms with Gasteiger partial charge in [0, 0.05) is 48.6 Å². The van der Waals surface area contributed by atoms with Crippen molar-refractivity contribution in [3.05, 3.63) is 36.4 Å². The summed E-state index contributed by atoms with van der Waals surface area (Å²) in [6, 6.07) is 12.8. The number of nitrogens with one attached hydrogen (secondary N) is 1. The number of likely N-dealkylation sites (tertiary alicyclic amines) is 1. The molecule has 0 saturated carbocycles. The summed E-state index contributed by atoms with van der Waals surface area (Å²) >= 11 is 0. The summed E-state index contributed by atoms with van der Waals surface area (Å²) < 4.78 is 17.5. The van der Waals surface area contributed by atoms with Crippen molar-refractivity contribution in [1.29, 1.82) is 0 Å². The van der Waals surface area contributed by atoms with Gasteiger partial charge in [-0.15, -0.1) is 0 Å². The van der Waals surface area contributed by atoms with Crippen molar-refractivity contribution in [3.63, 3.8) is 0 Å². The third-order valence-electron chi connectivity index (χ3n) is 6.50. The summed E-state index contributed by atoms with van der Waals surface area (Å²) in [5.74, 6) is 2.08. The molecule has 8 nitrogen and oxygen atoms in total. The lowest BCUT2D eigenvalue weighted by molar-refractivity contribution is -0.122. The van der Waals surface area contributed by atoms with Crippen molar-refractivity contribution in [2.24, 2.45) is 5.92 Å². The molecule has 2 saturated heterocycles. The number of fused-ring (bicyclic) bond motifs is 2. The van der Waals surface area contributed by atoms with E-state index in [1.807, 2.05) is 12.1 Å². The molecule has 2 aromatic carbocycles. The Labute approximate surface area is 199 Å². The highest BCUT2D eigenvalue weighted by atomic mass is 16.5. The molecular formula is C26H33N3O5. The molecule has 34 heavy (non-hydrogen) atoms.